The zero-order valence-electron chi connectivity index (χ0n) is 11.6. The normalized spacial score (nSPS) is 10.5. The molecule has 0 spiro atoms. The van der Waals surface area contributed by atoms with Crippen molar-refractivity contribution in [1.29, 1.82) is 0 Å². The van der Waals surface area contributed by atoms with Crippen LogP contribution in [-0.2, 0) is 0 Å². The highest BCUT2D eigenvalue weighted by atomic mass is 35.5. The summed E-state index contributed by atoms with van der Waals surface area (Å²) in [5, 5.41) is 17.9. The lowest BCUT2D eigenvalue weighted by Crippen LogP contribution is -2.08. The summed E-state index contributed by atoms with van der Waals surface area (Å²) < 4.78 is 0. The Hall–Kier alpha value is -2.50. The standard InChI is InChI=1S/C16H9Cl2N3O2/c17-11-5-1-9(2-6-11)13-14(10-3-7-12(18)8-4-10)20-21-15(19-13)16(22)23/h1-8H,(H,22,23). The van der Waals surface area contributed by atoms with E-state index in [0.29, 0.717) is 27.0 Å². The lowest BCUT2D eigenvalue weighted by atomic mass is 10.0. The van der Waals surface area contributed by atoms with Gasteiger partial charge in [0.25, 0.3) is 5.82 Å². The van der Waals surface area contributed by atoms with Gasteiger partial charge in [0.15, 0.2) is 0 Å². The molecule has 0 aliphatic carbocycles. The monoisotopic (exact) mass is 345 g/mol. The number of aromatic carboxylic acids is 1. The second-order valence-electron chi connectivity index (χ2n) is 4.65. The molecule has 0 fully saturated rings. The summed E-state index contributed by atoms with van der Waals surface area (Å²) in [5.74, 6) is -1.61. The molecule has 1 aromatic heterocycles. The molecule has 23 heavy (non-hydrogen) atoms. The van der Waals surface area contributed by atoms with Gasteiger partial charge >= 0.3 is 5.97 Å². The van der Waals surface area contributed by atoms with Gasteiger partial charge in [-0.1, -0.05) is 47.5 Å². The highest BCUT2D eigenvalue weighted by Crippen LogP contribution is 2.29. The maximum atomic E-state index is 11.1. The average Bonchev–Trinajstić information content (AvgIpc) is 2.56. The van der Waals surface area contributed by atoms with Crippen LogP contribution in [0.1, 0.15) is 10.6 Å². The van der Waals surface area contributed by atoms with E-state index < -0.39 is 5.97 Å². The molecule has 2 aromatic carbocycles. The third-order valence-corrected chi connectivity index (χ3v) is 3.62. The third kappa shape index (κ3) is 3.31. The Kier molecular flexibility index (Phi) is 4.23. The van der Waals surface area contributed by atoms with Crippen molar-refractivity contribution in [2.75, 3.05) is 0 Å². The number of aromatic nitrogens is 3. The van der Waals surface area contributed by atoms with E-state index in [4.69, 9.17) is 28.3 Å². The lowest BCUT2D eigenvalue weighted by molar-refractivity contribution is 0.0682. The van der Waals surface area contributed by atoms with Crippen molar-refractivity contribution < 1.29 is 9.90 Å². The third-order valence-electron chi connectivity index (χ3n) is 3.11. The number of halogens is 2. The number of hydrogen-bond acceptors (Lipinski definition) is 4. The number of carboxylic acids is 1. The maximum Gasteiger partial charge on any atom is 0.375 e. The van der Waals surface area contributed by atoms with E-state index in [1.807, 2.05) is 0 Å². The van der Waals surface area contributed by atoms with Gasteiger partial charge in [-0.15, -0.1) is 10.2 Å². The molecule has 0 saturated heterocycles. The molecule has 1 N–H and O–H groups in total. The van der Waals surface area contributed by atoms with Crippen LogP contribution in [0.2, 0.25) is 10.0 Å². The smallest absolute Gasteiger partial charge is 0.375 e. The first-order valence-corrected chi connectivity index (χ1v) is 7.30. The van der Waals surface area contributed by atoms with E-state index in [1.165, 1.54) is 0 Å². The molecular weight excluding hydrogens is 337 g/mol. The fourth-order valence-electron chi connectivity index (χ4n) is 2.03. The van der Waals surface area contributed by atoms with Gasteiger partial charge in [-0.2, -0.15) is 0 Å². The van der Waals surface area contributed by atoms with E-state index in [0.717, 1.165) is 5.56 Å². The van der Waals surface area contributed by atoms with Gasteiger partial charge in [0.05, 0.1) is 0 Å². The SMILES string of the molecule is O=C(O)c1nnc(-c2ccc(Cl)cc2)c(-c2ccc(Cl)cc2)n1. The van der Waals surface area contributed by atoms with Crippen molar-refractivity contribution in [2.45, 2.75) is 0 Å². The molecule has 3 aromatic rings. The quantitative estimate of drug-likeness (QED) is 0.769. The first-order chi connectivity index (χ1) is 11.0. The van der Waals surface area contributed by atoms with E-state index in [9.17, 15) is 4.79 Å². The molecule has 0 aliphatic rings. The first-order valence-electron chi connectivity index (χ1n) is 6.54. The van der Waals surface area contributed by atoms with Crippen LogP contribution in [-0.4, -0.2) is 26.3 Å². The fraction of sp³-hybridized carbons (Fsp3) is 0. The van der Waals surface area contributed by atoms with E-state index in [-0.39, 0.29) is 5.82 Å². The van der Waals surface area contributed by atoms with Crippen molar-refractivity contribution in [1.82, 2.24) is 15.2 Å². The topological polar surface area (TPSA) is 76.0 Å². The molecule has 1 heterocycles. The Balaban J connectivity index is 2.20. The number of carbonyl (C=O) groups is 1. The number of benzene rings is 2. The second-order valence-corrected chi connectivity index (χ2v) is 5.52. The molecule has 114 valence electrons. The van der Waals surface area contributed by atoms with E-state index in [1.54, 1.807) is 48.5 Å². The van der Waals surface area contributed by atoms with Crippen LogP contribution in [0.3, 0.4) is 0 Å². The number of nitrogens with zero attached hydrogens (tertiary/aromatic N) is 3. The molecule has 0 bridgehead atoms. The van der Waals surface area contributed by atoms with E-state index >= 15 is 0 Å². The second kappa shape index (κ2) is 6.32. The van der Waals surface area contributed by atoms with Gasteiger partial charge in [-0.05, 0) is 24.3 Å². The average molecular weight is 346 g/mol. The largest absolute Gasteiger partial charge is 0.475 e. The molecule has 0 unspecified atom stereocenters. The number of rotatable bonds is 3. The molecule has 0 saturated carbocycles. The highest BCUT2D eigenvalue weighted by molar-refractivity contribution is 6.31. The summed E-state index contributed by atoms with van der Waals surface area (Å²) >= 11 is 11.8. The van der Waals surface area contributed by atoms with Gasteiger partial charge < -0.3 is 5.11 Å². The molecule has 0 atom stereocenters. The predicted octanol–water partition coefficient (Wildman–Crippen LogP) is 4.21. The van der Waals surface area contributed by atoms with Gasteiger partial charge in [0.2, 0.25) is 0 Å². The fourth-order valence-corrected chi connectivity index (χ4v) is 2.28. The summed E-state index contributed by atoms with van der Waals surface area (Å²) in [5.41, 5.74) is 2.30. The zero-order chi connectivity index (χ0) is 16.4. The van der Waals surface area contributed by atoms with Crippen LogP contribution in [0.5, 0.6) is 0 Å². The van der Waals surface area contributed by atoms with Crippen LogP contribution < -0.4 is 0 Å². The molecule has 0 amide bonds. The number of hydrogen-bond donors (Lipinski definition) is 1. The van der Waals surface area contributed by atoms with Crippen molar-refractivity contribution in [3.63, 3.8) is 0 Å². The number of carboxylic acid groups (broad SMARTS) is 1. The van der Waals surface area contributed by atoms with Gasteiger partial charge in [-0.25, -0.2) is 9.78 Å². The van der Waals surface area contributed by atoms with Crippen molar-refractivity contribution in [3.05, 3.63) is 64.4 Å². The maximum absolute atomic E-state index is 11.1. The van der Waals surface area contributed by atoms with Crippen LogP contribution in [0, 0.1) is 0 Å². The van der Waals surface area contributed by atoms with Gasteiger partial charge in [-0.3, -0.25) is 0 Å². The van der Waals surface area contributed by atoms with Crippen molar-refractivity contribution in [2.24, 2.45) is 0 Å². The van der Waals surface area contributed by atoms with Gasteiger partial charge in [0.1, 0.15) is 11.4 Å². The summed E-state index contributed by atoms with van der Waals surface area (Å²) in [6.45, 7) is 0. The highest BCUT2D eigenvalue weighted by Gasteiger charge is 2.16. The Morgan fingerprint density at radius 2 is 1.26 bits per heavy atom. The molecule has 0 aliphatic heterocycles. The zero-order valence-corrected chi connectivity index (χ0v) is 13.1. The van der Waals surface area contributed by atoms with Crippen LogP contribution in [0.4, 0.5) is 0 Å². The Morgan fingerprint density at radius 3 is 1.74 bits per heavy atom. The molecule has 3 rings (SSSR count). The summed E-state index contributed by atoms with van der Waals surface area (Å²) in [6.07, 6.45) is 0. The summed E-state index contributed by atoms with van der Waals surface area (Å²) in [4.78, 5) is 15.2. The Bertz CT molecular complexity index is 865. The molecule has 7 heteroatoms. The Labute approximate surface area is 141 Å². The lowest BCUT2D eigenvalue weighted by Gasteiger charge is -2.08. The van der Waals surface area contributed by atoms with E-state index in [2.05, 4.69) is 15.2 Å². The first kappa shape index (κ1) is 15.4. The Morgan fingerprint density at radius 1 is 0.783 bits per heavy atom. The van der Waals surface area contributed by atoms with Gasteiger partial charge in [0, 0.05) is 21.2 Å². The predicted molar refractivity (Wildman–Crippen MR) is 87.7 cm³/mol. The van der Waals surface area contributed by atoms with Crippen LogP contribution >= 0.6 is 23.2 Å². The van der Waals surface area contributed by atoms with Crippen molar-refractivity contribution in [3.8, 4) is 22.5 Å². The van der Waals surface area contributed by atoms with Crippen LogP contribution in [0.15, 0.2) is 48.5 Å². The molecule has 5 nitrogen and oxygen atoms in total. The van der Waals surface area contributed by atoms with Crippen molar-refractivity contribution >= 4 is 29.2 Å². The minimum atomic E-state index is -1.24. The minimum Gasteiger partial charge on any atom is -0.475 e. The minimum absolute atomic E-state index is 0.368. The summed E-state index contributed by atoms with van der Waals surface area (Å²) in [6, 6.07) is 13.9. The summed E-state index contributed by atoms with van der Waals surface area (Å²) in [7, 11) is 0. The molecular formula is C16H9Cl2N3O2. The molecule has 0 radical (unpaired) electrons. The van der Waals surface area contributed by atoms with Crippen LogP contribution in [0.25, 0.3) is 22.5 Å².